The monoisotopic (exact) mass is 262 g/mol. The second kappa shape index (κ2) is 5.79. The molecule has 2 amide bonds. The van der Waals surface area contributed by atoms with E-state index in [1.807, 2.05) is 23.1 Å². The Balaban J connectivity index is 2.22. The zero-order valence-corrected chi connectivity index (χ0v) is 10.7. The van der Waals surface area contributed by atoms with Crippen molar-refractivity contribution in [3.8, 4) is 0 Å². The van der Waals surface area contributed by atoms with Crippen molar-refractivity contribution in [3.63, 3.8) is 0 Å². The van der Waals surface area contributed by atoms with Crippen molar-refractivity contribution < 1.29 is 9.59 Å². The first kappa shape index (κ1) is 13.5. The van der Waals surface area contributed by atoms with Crippen LogP contribution in [0.25, 0.3) is 0 Å². The lowest BCUT2D eigenvalue weighted by Crippen LogP contribution is -2.35. The number of hydrogen-bond donors (Lipinski definition) is 2. The molecule has 2 rings (SSSR count). The minimum atomic E-state index is -0.374. The van der Waals surface area contributed by atoms with E-state index < -0.39 is 0 Å². The second-order valence-corrected chi connectivity index (χ2v) is 4.86. The average Bonchev–Trinajstić information content (AvgIpc) is 2.71. The number of aromatic nitrogens is 1. The molecular weight excluding hydrogens is 244 g/mol. The first-order valence-corrected chi connectivity index (χ1v) is 6.29. The van der Waals surface area contributed by atoms with E-state index in [4.69, 9.17) is 11.5 Å². The highest BCUT2D eigenvalue weighted by molar-refractivity contribution is 5.76. The number of pyridine rings is 1. The topological polar surface area (TPSA) is 102 Å². The molecule has 19 heavy (non-hydrogen) atoms. The maximum absolute atomic E-state index is 11.2. The van der Waals surface area contributed by atoms with Gasteiger partial charge in [0.15, 0.2) is 0 Å². The first-order valence-electron chi connectivity index (χ1n) is 6.29. The minimum absolute atomic E-state index is 0.0683. The molecule has 0 aliphatic carbocycles. The molecule has 6 heteroatoms. The van der Waals surface area contributed by atoms with Gasteiger partial charge < -0.3 is 11.5 Å². The van der Waals surface area contributed by atoms with Gasteiger partial charge in [0.1, 0.15) is 0 Å². The molecule has 4 N–H and O–H groups in total. The van der Waals surface area contributed by atoms with Gasteiger partial charge in [0.2, 0.25) is 11.8 Å². The van der Waals surface area contributed by atoms with E-state index in [0.717, 1.165) is 18.7 Å². The summed E-state index contributed by atoms with van der Waals surface area (Å²) < 4.78 is 0. The summed E-state index contributed by atoms with van der Waals surface area (Å²) in [5, 5.41) is 0. The Labute approximate surface area is 111 Å². The van der Waals surface area contributed by atoms with Crippen LogP contribution in [0.2, 0.25) is 0 Å². The quantitative estimate of drug-likeness (QED) is 0.767. The lowest BCUT2D eigenvalue weighted by molar-refractivity contribution is -0.119. The largest absolute Gasteiger partial charge is 0.370 e. The normalized spacial score (nSPS) is 23.4. The molecule has 1 aromatic rings. The smallest absolute Gasteiger partial charge is 0.231 e. The van der Waals surface area contributed by atoms with E-state index in [-0.39, 0.29) is 30.3 Å². The van der Waals surface area contributed by atoms with Gasteiger partial charge in [0, 0.05) is 12.6 Å². The fraction of sp³-hybridized carbons (Fsp3) is 0.462. The van der Waals surface area contributed by atoms with Gasteiger partial charge in [-0.15, -0.1) is 0 Å². The van der Waals surface area contributed by atoms with Gasteiger partial charge in [-0.1, -0.05) is 6.07 Å². The Hall–Kier alpha value is -1.95. The van der Waals surface area contributed by atoms with E-state index in [2.05, 4.69) is 4.98 Å². The summed E-state index contributed by atoms with van der Waals surface area (Å²) in [6.07, 6.45) is 2.82. The van der Waals surface area contributed by atoms with Crippen LogP contribution in [-0.4, -0.2) is 34.8 Å². The highest BCUT2D eigenvalue weighted by Gasteiger charge is 2.37. The number of carbonyl (C=O) groups excluding carboxylic acids is 2. The maximum Gasteiger partial charge on any atom is 0.231 e. The number of amides is 2. The van der Waals surface area contributed by atoms with E-state index in [1.165, 1.54) is 0 Å². The average molecular weight is 262 g/mol. The standard InChI is InChI=1S/C13H18N4O2/c14-11(18)7-9-4-6-17(8-12(15)19)13(9)10-3-1-2-5-16-10/h1-3,5,9,13H,4,6-8H2,(H2,14,18)(H2,15,19). The van der Waals surface area contributed by atoms with Crippen molar-refractivity contribution in [1.82, 2.24) is 9.88 Å². The number of rotatable bonds is 5. The predicted molar refractivity (Wildman–Crippen MR) is 69.7 cm³/mol. The Kier molecular flexibility index (Phi) is 4.11. The van der Waals surface area contributed by atoms with Crippen molar-refractivity contribution in [3.05, 3.63) is 30.1 Å². The molecule has 2 atom stereocenters. The van der Waals surface area contributed by atoms with Gasteiger partial charge in [-0.05, 0) is 31.0 Å². The van der Waals surface area contributed by atoms with Gasteiger partial charge >= 0.3 is 0 Å². The van der Waals surface area contributed by atoms with Crippen LogP contribution in [0.3, 0.4) is 0 Å². The predicted octanol–water partition coefficient (Wildman–Crippen LogP) is -0.195. The van der Waals surface area contributed by atoms with Crippen LogP contribution in [0.1, 0.15) is 24.6 Å². The Morgan fingerprint density at radius 1 is 1.32 bits per heavy atom. The second-order valence-electron chi connectivity index (χ2n) is 4.86. The van der Waals surface area contributed by atoms with Crippen LogP contribution in [0.4, 0.5) is 0 Å². The van der Waals surface area contributed by atoms with Crippen LogP contribution in [0, 0.1) is 5.92 Å². The molecule has 0 bridgehead atoms. The lowest BCUT2D eigenvalue weighted by atomic mass is 9.93. The maximum atomic E-state index is 11.2. The summed E-state index contributed by atoms with van der Waals surface area (Å²) >= 11 is 0. The molecule has 0 saturated carbocycles. The highest BCUT2D eigenvalue weighted by atomic mass is 16.1. The van der Waals surface area contributed by atoms with Gasteiger partial charge in [0.25, 0.3) is 0 Å². The summed E-state index contributed by atoms with van der Waals surface area (Å²) in [6, 6.07) is 5.56. The van der Waals surface area contributed by atoms with E-state index in [0.29, 0.717) is 6.42 Å². The van der Waals surface area contributed by atoms with Crippen molar-refractivity contribution in [1.29, 1.82) is 0 Å². The number of carbonyl (C=O) groups is 2. The molecular formula is C13H18N4O2. The van der Waals surface area contributed by atoms with Crippen LogP contribution in [0.5, 0.6) is 0 Å². The number of primary amides is 2. The highest BCUT2D eigenvalue weighted by Crippen LogP contribution is 2.37. The molecule has 1 aromatic heterocycles. The van der Waals surface area contributed by atoms with E-state index in [9.17, 15) is 9.59 Å². The molecule has 2 heterocycles. The Bertz CT molecular complexity index is 439. The number of nitrogens with zero attached hydrogens (tertiary/aromatic N) is 2. The van der Waals surface area contributed by atoms with Crippen LogP contribution in [-0.2, 0) is 9.59 Å². The molecule has 1 saturated heterocycles. The molecule has 0 radical (unpaired) electrons. The lowest BCUT2D eigenvalue weighted by Gasteiger charge is -2.26. The zero-order valence-electron chi connectivity index (χ0n) is 10.7. The molecule has 2 unspecified atom stereocenters. The first-order chi connectivity index (χ1) is 9.08. The molecule has 102 valence electrons. The summed E-state index contributed by atoms with van der Waals surface area (Å²) in [5.74, 6) is -0.612. The van der Waals surface area contributed by atoms with E-state index >= 15 is 0 Å². The van der Waals surface area contributed by atoms with E-state index in [1.54, 1.807) is 6.20 Å². The Morgan fingerprint density at radius 3 is 2.68 bits per heavy atom. The fourth-order valence-electron chi connectivity index (χ4n) is 2.76. The molecule has 0 aromatic carbocycles. The summed E-state index contributed by atoms with van der Waals surface area (Å²) in [4.78, 5) is 28.6. The third kappa shape index (κ3) is 3.29. The molecule has 1 aliphatic heterocycles. The van der Waals surface area contributed by atoms with Crippen molar-refractivity contribution in [2.75, 3.05) is 13.1 Å². The molecule has 1 aliphatic rings. The number of hydrogen-bond acceptors (Lipinski definition) is 4. The SMILES string of the molecule is NC(=O)CC1CCN(CC(N)=O)C1c1ccccn1. The summed E-state index contributed by atoms with van der Waals surface area (Å²) in [7, 11) is 0. The van der Waals surface area contributed by atoms with Crippen LogP contribution < -0.4 is 11.5 Å². The third-order valence-electron chi connectivity index (χ3n) is 3.44. The fourth-order valence-corrected chi connectivity index (χ4v) is 2.76. The summed E-state index contributed by atoms with van der Waals surface area (Å²) in [5.41, 5.74) is 11.4. The van der Waals surface area contributed by atoms with Crippen molar-refractivity contribution in [2.45, 2.75) is 18.9 Å². The van der Waals surface area contributed by atoms with Gasteiger partial charge in [-0.3, -0.25) is 19.5 Å². The molecule has 1 fully saturated rings. The van der Waals surface area contributed by atoms with Crippen molar-refractivity contribution >= 4 is 11.8 Å². The minimum Gasteiger partial charge on any atom is -0.370 e. The van der Waals surface area contributed by atoms with Crippen LogP contribution >= 0.6 is 0 Å². The van der Waals surface area contributed by atoms with Crippen LogP contribution in [0.15, 0.2) is 24.4 Å². The van der Waals surface area contributed by atoms with Crippen molar-refractivity contribution in [2.24, 2.45) is 17.4 Å². The molecule has 6 nitrogen and oxygen atoms in total. The van der Waals surface area contributed by atoms with Gasteiger partial charge in [0.05, 0.1) is 18.3 Å². The van der Waals surface area contributed by atoms with Gasteiger partial charge in [-0.2, -0.15) is 0 Å². The Morgan fingerprint density at radius 2 is 2.11 bits per heavy atom. The third-order valence-corrected chi connectivity index (χ3v) is 3.44. The zero-order chi connectivity index (χ0) is 13.8. The number of nitrogens with two attached hydrogens (primary N) is 2. The molecule has 0 spiro atoms. The number of likely N-dealkylation sites (tertiary alicyclic amines) is 1. The summed E-state index contributed by atoms with van der Waals surface area (Å²) in [6.45, 7) is 0.901. The van der Waals surface area contributed by atoms with Gasteiger partial charge in [-0.25, -0.2) is 0 Å².